The van der Waals surface area contributed by atoms with E-state index >= 15 is 0 Å². The lowest BCUT2D eigenvalue weighted by Crippen LogP contribution is -2.30. The highest BCUT2D eigenvalue weighted by Crippen LogP contribution is 2.13. The molecule has 2 aromatic heterocycles. The molecular formula is C18H16N2O2. The molecule has 0 aliphatic rings. The average Bonchev–Trinajstić information content (AvgIpc) is 3.08. The van der Waals surface area contributed by atoms with Crippen LogP contribution in [-0.4, -0.2) is 15.8 Å². The predicted molar refractivity (Wildman–Crippen MR) is 83.0 cm³/mol. The van der Waals surface area contributed by atoms with Crippen LogP contribution >= 0.6 is 0 Å². The van der Waals surface area contributed by atoms with Gasteiger partial charge in [-0.2, -0.15) is 0 Å². The van der Waals surface area contributed by atoms with Gasteiger partial charge in [-0.15, -0.1) is 0 Å². The minimum atomic E-state index is -0.0392. The van der Waals surface area contributed by atoms with Gasteiger partial charge in [-0.25, -0.2) is 0 Å². The monoisotopic (exact) mass is 292 g/mol. The third kappa shape index (κ3) is 3.41. The van der Waals surface area contributed by atoms with Crippen molar-refractivity contribution in [3.63, 3.8) is 0 Å². The molecule has 3 aromatic rings. The van der Waals surface area contributed by atoms with Crippen molar-refractivity contribution in [2.75, 3.05) is 0 Å². The smallest absolute Gasteiger partial charge is 0.254 e. The van der Waals surface area contributed by atoms with Crippen LogP contribution in [-0.2, 0) is 13.1 Å². The maximum atomic E-state index is 12.7. The molecule has 4 heteroatoms. The number of benzene rings is 1. The summed E-state index contributed by atoms with van der Waals surface area (Å²) in [6.07, 6.45) is 3.34. The van der Waals surface area contributed by atoms with E-state index in [9.17, 15) is 4.79 Å². The van der Waals surface area contributed by atoms with Gasteiger partial charge in [0.25, 0.3) is 5.91 Å². The highest BCUT2D eigenvalue weighted by molar-refractivity contribution is 5.94. The van der Waals surface area contributed by atoms with Gasteiger partial charge in [0.15, 0.2) is 0 Å². The molecule has 0 saturated carbocycles. The molecule has 0 N–H and O–H groups in total. The molecule has 0 spiro atoms. The summed E-state index contributed by atoms with van der Waals surface area (Å²) < 4.78 is 5.37. The van der Waals surface area contributed by atoms with Crippen LogP contribution in [0.2, 0.25) is 0 Å². The Morgan fingerprint density at radius 3 is 2.45 bits per heavy atom. The fourth-order valence-corrected chi connectivity index (χ4v) is 2.24. The second kappa shape index (κ2) is 6.72. The van der Waals surface area contributed by atoms with Crippen LogP contribution in [0.4, 0.5) is 0 Å². The molecule has 0 aliphatic heterocycles. The van der Waals surface area contributed by atoms with Crippen LogP contribution in [0, 0.1) is 0 Å². The molecule has 0 atom stereocenters. The molecule has 0 aliphatic carbocycles. The summed E-state index contributed by atoms with van der Waals surface area (Å²) in [5.41, 5.74) is 1.50. The van der Waals surface area contributed by atoms with E-state index in [0.29, 0.717) is 18.7 Å². The zero-order valence-corrected chi connectivity index (χ0v) is 12.1. The van der Waals surface area contributed by atoms with Crippen LogP contribution in [0.1, 0.15) is 21.8 Å². The van der Waals surface area contributed by atoms with E-state index < -0.39 is 0 Å². The predicted octanol–water partition coefficient (Wildman–Crippen LogP) is 3.52. The van der Waals surface area contributed by atoms with Crippen molar-refractivity contribution in [1.82, 2.24) is 9.88 Å². The molecule has 0 unspecified atom stereocenters. The zero-order valence-electron chi connectivity index (χ0n) is 12.1. The topological polar surface area (TPSA) is 46.3 Å². The number of pyridine rings is 1. The van der Waals surface area contributed by atoms with Gasteiger partial charge < -0.3 is 9.32 Å². The number of furan rings is 1. The third-order valence-corrected chi connectivity index (χ3v) is 3.31. The first-order valence-corrected chi connectivity index (χ1v) is 7.09. The van der Waals surface area contributed by atoms with Crippen molar-refractivity contribution in [2.24, 2.45) is 0 Å². The summed E-state index contributed by atoms with van der Waals surface area (Å²) in [7, 11) is 0. The molecule has 0 radical (unpaired) electrons. The lowest BCUT2D eigenvalue weighted by Gasteiger charge is -2.21. The minimum Gasteiger partial charge on any atom is -0.467 e. The van der Waals surface area contributed by atoms with Gasteiger partial charge in [0.1, 0.15) is 5.76 Å². The Labute approximate surface area is 129 Å². The van der Waals surface area contributed by atoms with Crippen molar-refractivity contribution < 1.29 is 9.21 Å². The van der Waals surface area contributed by atoms with Crippen LogP contribution in [0.5, 0.6) is 0 Å². The van der Waals surface area contributed by atoms with E-state index in [1.54, 1.807) is 17.4 Å². The average molecular weight is 292 g/mol. The molecule has 0 saturated heterocycles. The summed E-state index contributed by atoms with van der Waals surface area (Å²) in [6.45, 7) is 0.854. The van der Waals surface area contributed by atoms with Crippen LogP contribution < -0.4 is 0 Å². The Morgan fingerprint density at radius 1 is 0.955 bits per heavy atom. The maximum Gasteiger partial charge on any atom is 0.254 e. The molecule has 0 fully saturated rings. The van der Waals surface area contributed by atoms with E-state index in [0.717, 1.165) is 11.5 Å². The first-order chi connectivity index (χ1) is 10.8. The van der Waals surface area contributed by atoms with E-state index in [4.69, 9.17) is 4.42 Å². The van der Waals surface area contributed by atoms with Gasteiger partial charge in [0.05, 0.1) is 25.0 Å². The summed E-state index contributed by atoms with van der Waals surface area (Å²) in [4.78, 5) is 18.8. The van der Waals surface area contributed by atoms with E-state index in [1.807, 2.05) is 60.7 Å². The number of rotatable bonds is 5. The minimum absolute atomic E-state index is 0.0392. The molecule has 1 aromatic carbocycles. The summed E-state index contributed by atoms with van der Waals surface area (Å²) in [6, 6.07) is 18.6. The number of amides is 1. The van der Waals surface area contributed by atoms with Crippen molar-refractivity contribution in [1.29, 1.82) is 0 Å². The fraction of sp³-hybridized carbons (Fsp3) is 0.111. The number of carbonyl (C=O) groups excluding carboxylic acids is 1. The van der Waals surface area contributed by atoms with Crippen LogP contribution in [0.3, 0.4) is 0 Å². The van der Waals surface area contributed by atoms with E-state index in [-0.39, 0.29) is 5.91 Å². The lowest BCUT2D eigenvalue weighted by atomic mass is 10.2. The molecule has 3 rings (SSSR count). The summed E-state index contributed by atoms with van der Waals surface area (Å²) in [5, 5.41) is 0. The SMILES string of the molecule is O=C(c1ccccc1)N(Cc1ccccn1)Cc1ccco1. The Bertz CT molecular complexity index is 709. The van der Waals surface area contributed by atoms with Gasteiger partial charge in [-0.05, 0) is 36.4 Å². The highest BCUT2D eigenvalue weighted by atomic mass is 16.3. The Morgan fingerprint density at radius 2 is 1.77 bits per heavy atom. The first-order valence-electron chi connectivity index (χ1n) is 7.09. The number of hydrogen-bond acceptors (Lipinski definition) is 3. The Hall–Kier alpha value is -2.88. The molecule has 22 heavy (non-hydrogen) atoms. The number of carbonyl (C=O) groups is 1. The van der Waals surface area contributed by atoms with Gasteiger partial charge in [-0.3, -0.25) is 9.78 Å². The molecule has 110 valence electrons. The molecular weight excluding hydrogens is 276 g/mol. The van der Waals surface area contributed by atoms with Crippen molar-refractivity contribution >= 4 is 5.91 Å². The van der Waals surface area contributed by atoms with Crippen molar-refractivity contribution in [3.05, 3.63) is 90.1 Å². The summed E-state index contributed by atoms with van der Waals surface area (Å²) in [5.74, 6) is 0.711. The number of hydrogen-bond donors (Lipinski definition) is 0. The summed E-state index contributed by atoms with van der Waals surface area (Å²) >= 11 is 0. The van der Waals surface area contributed by atoms with Crippen LogP contribution in [0.15, 0.2) is 77.5 Å². The Balaban J connectivity index is 1.84. The van der Waals surface area contributed by atoms with E-state index in [1.165, 1.54) is 0 Å². The van der Waals surface area contributed by atoms with Gasteiger partial charge in [0.2, 0.25) is 0 Å². The van der Waals surface area contributed by atoms with Crippen LogP contribution in [0.25, 0.3) is 0 Å². The molecule has 4 nitrogen and oxygen atoms in total. The second-order valence-corrected chi connectivity index (χ2v) is 4.93. The molecule has 2 heterocycles. The zero-order chi connectivity index (χ0) is 15.2. The largest absolute Gasteiger partial charge is 0.467 e. The number of nitrogens with zero attached hydrogens (tertiary/aromatic N) is 2. The lowest BCUT2D eigenvalue weighted by molar-refractivity contribution is 0.0715. The van der Waals surface area contributed by atoms with Gasteiger partial charge in [0, 0.05) is 11.8 Å². The van der Waals surface area contributed by atoms with Gasteiger partial charge in [-0.1, -0.05) is 24.3 Å². The molecule has 0 bridgehead atoms. The highest BCUT2D eigenvalue weighted by Gasteiger charge is 2.17. The fourth-order valence-electron chi connectivity index (χ4n) is 2.24. The maximum absolute atomic E-state index is 12.7. The molecule has 1 amide bonds. The van der Waals surface area contributed by atoms with E-state index in [2.05, 4.69) is 4.98 Å². The normalized spacial score (nSPS) is 10.4. The second-order valence-electron chi connectivity index (χ2n) is 4.93. The first kappa shape index (κ1) is 14.1. The standard InChI is InChI=1S/C18H16N2O2/c21-18(15-7-2-1-3-8-15)20(14-17-10-6-12-22-17)13-16-9-4-5-11-19-16/h1-12H,13-14H2. The quantitative estimate of drug-likeness (QED) is 0.723. The van der Waals surface area contributed by atoms with Crippen molar-refractivity contribution in [3.8, 4) is 0 Å². The van der Waals surface area contributed by atoms with Gasteiger partial charge >= 0.3 is 0 Å². The number of aromatic nitrogens is 1. The third-order valence-electron chi connectivity index (χ3n) is 3.31. The Kier molecular flexibility index (Phi) is 4.30. The van der Waals surface area contributed by atoms with Crippen molar-refractivity contribution in [2.45, 2.75) is 13.1 Å².